The lowest BCUT2D eigenvalue weighted by Crippen LogP contribution is -2.30. The second-order valence-electron chi connectivity index (χ2n) is 10.3. The Labute approximate surface area is 246 Å². The monoisotopic (exact) mass is 613 g/mol. The largest absolute Gasteiger partial charge is 0.496 e. The van der Waals surface area contributed by atoms with Crippen molar-refractivity contribution in [2.45, 2.75) is 31.9 Å². The van der Waals surface area contributed by atoms with Gasteiger partial charge in [0.05, 0.1) is 36.0 Å². The molecule has 4 rings (SSSR count). The highest BCUT2D eigenvalue weighted by Gasteiger charge is 2.26. The molecule has 0 saturated carbocycles. The Balaban J connectivity index is 2.02. The second-order valence-corrected chi connectivity index (χ2v) is 12.1. The number of halogens is 2. The molecule has 11 nitrogen and oxygen atoms in total. The lowest BCUT2D eigenvalue weighted by atomic mass is 9.93. The van der Waals surface area contributed by atoms with Gasteiger partial charge < -0.3 is 20.3 Å². The van der Waals surface area contributed by atoms with E-state index in [-0.39, 0.29) is 29.2 Å². The third kappa shape index (κ3) is 7.56. The standard InChI is InChI=1S/C29H29F2N5O6S/c1-29(2,39)11-10-19-6-7-20(25(32-19)22(33-28(37)38)14-16-12-17(30)15-18(31)13-16)21-8-9-23(42-4)24-26(21)36(3)34-27(24)35-43(5,40)41/h6-9,12-13,15,22,33,39H,14H2,1-5H3,(H,34,35)(H,37,38). The molecule has 43 heavy (non-hydrogen) atoms. The zero-order valence-corrected chi connectivity index (χ0v) is 24.7. The molecule has 2 aromatic heterocycles. The number of pyridine rings is 1. The van der Waals surface area contributed by atoms with Crippen LogP contribution in [0.2, 0.25) is 0 Å². The van der Waals surface area contributed by atoms with E-state index in [1.807, 2.05) is 0 Å². The van der Waals surface area contributed by atoms with Crippen LogP contribution in [-0.4, -0.2) is 58.5 Å². The highest BCUT2D eigenvalue weighted by atomic mass is 32.2. The molecule has 0 spiro atoms. The van der Waals surface area contributed by atoms with Gasteiger partial charge >= 0.3 is 6.09 Å². The van der Waals surface area contributed by atoms with E-state index in [1.54, 1.807) is 31.3 Å². The Hall–Kier alpha value is -4.74. The third-order valence-electron chi connectivity index (χ3n) is 6.15. The molecule has 0 fully saturated rings. The topological polar surface area (TPSA) is 156 Å². The van der Waals surface area contributed by atoms with Gasteiger partial charge in [0.15, 0.2) is 5.82 Å². The van der Waals surface area contributed by atoms with Crippen LogP contribution in [0.25, 0.3) is 22.0 Å². The minimum Gasteiger partial charge on any atom is -0.496 e. The fourth-order valence-electron chi connectivity index (χ4n) is 4.61. The molecule has 1 atom stereocenters. The molecule has 0 saturated heterocycles. The van der Waals surface area contributed by atoms with E-state index in [4.69, 9.17) is 4.74 Å². The van der Waals surface area contributed by atoms with Crippen LogP contribution in [0.5, 0.6) is 5.75 Å². The molecule has 2 aromatic carbocycles. The predicted molar refractivity (Wildman–Crippen MR) is 156 cm³/mol. The number of fused-ring (bicyclic) bond motifs is 1. The van der Waals surface area contributed by atoms with Gasteiger partial charge in [-0.05, 0) is 68.2 Å². The third-order valence-corrected chi connectivity index (χ3v) is 6.72. The molecule has 2 heterocycles. The number of aryl methyl sites for hydroxylation is 1. The smallest absolute Gasteiger partial charge is 0.405 e. The number of carboxylic acid groups (broad SMARTS) is 1. The van der Waals surface area contributed by atoms with E-state index in [9.17, 15) is 32.2 Å². The molecule has 14 heteroatoms. The van der Waals surface area contributed by atoms with Crippen LogP contribution >= 0.6 is 0 Å². The van der Waals surface area contributed by atoms with Gasteiger partial charge in [-0.3, -0.25) is 9.40 Å². The van der Waals surface area contributed by atoms with Crippen molar-refractivity contribution in [1.82, 2.24) is 20.1 Å². The van der Waals surface area contributed by atoms with Crippen LogP contribution in [-0.2, 0) is 23.5 Å². The van der Waals surface area contributed by atoms with Gasteiger partial charge in [-0.25, -0.2) is 27.0 Å². The summed E-state index contributed by atoms with van der Waals surface area (Å²) < 4.78 is 61.6. The van der Waals surface area contributed by atoms with Crippen LogP contribution in [0.15, 0.2) is 42.5 Å². The summed E-state index contributed by atoms with van der Waals surface area (Å²) in [5, 5.41) is 26.9. The highest BCUT2D eigenvalue weighted by Crippen LogP contribution is 2.41. The Bertz CT molecular complexity index is 1870. The number of rotatable bonds is 8. The van der Waals surface area contributed by atoms with Crippen molar-refractivity contribution in [1.29, 1.82) is 0 Å². The minimum atomic E-state index is -3.72. The number of hydrogen-bond donors (Lipinski definition) is 4. The summed E-state index contributed by atoms with van der Waals surface area (Å²) in [7, 11) is -0.713. The summed E-state index contributed by atoms with van der Waals surface area (Å²) in [5.41, 5.74) is 0.452. The van der Waals surface area contributed by atoms with Crippen LogP contribution < -0.4 is 14.8 Å². The predicted octanol–water partition coefficient (Wildman–Crippen LogP) is 3.97. The van der Waals surface area contributed by atoms with Gasteiger partial charge in [0.2, 0.25) is 10.0 Å². The fourth-order valence-corrected chi connectivity index (χ4v) is 5.10. The van der Waals surface area contributed by atoms with E-state index < -0.39 is 39.4 Å². The quantitative estimate of drug-likeness (QED) is 0.218. The van der Waals surface area contributed by atoms with Crippen molar-refractivity contribution < 1.29 is 36.9 Å². The summed E-state index contributed by atoms with van der Waals surface area (Å²) in [6.07, 6.45) is -0.617. The van der Waals surface area contributed by atoms with E-state index in [1.165, 1.54) is 25.6 Å². The van der Waals surface area contributed by atoms with E-state index in [2.05, 4.69) is 32.0 Å². The number of hydrogen-bond acceptors (Lipinski definition) is 7. The number of anilines is 1. The van der Waals surface area contributed by atoms with Crippen LogP contribution in [0.4, 0.5) is 19.4 Å². The number of benzene rings is 2. The lowest BCUT2D eigenvalue weighted by Gasteiger charge is -2.21. The molecule has 4 N–H and O–H groups in total. The Morgan fingerprint density at radius 2 is 1.79 bits per heavy atom. The molecule has 0 bridgehead atoms. The lowest BCUT2D eigenvalue weighted by molar-refractivity contribution is 0.143. The number of ether oxygens (including phenoxy) is 1. The normalized spacial score (nSPS) is 12.4. The number of aliphatic hydroxyl groups is 1. The summed E-state index contributed by atoms with van der Waals surface area (Å²) in [6.45, 7) is 2.97. The zero-order chi connectivity index (χ0) is 31.7. The minimum absolute atomic E-state index is 0.0105. The molecular formula is C29H29F2N5O6S. The summed E-state index contributed by atoms with van der Waals surface area (Å²) in [6, 6.07) is 8.24. The van der Waals surface area contributed by atoms with Crippen molar-refractivity contribution >= 4 is 32.8 Å². The van der Waals surface area contributed by atoms with Crippen LogP contribution in [0, 0.1) is 23.5 Å². The second kappa shape index (κ2) is 11.9. The van der Waals surface area contributed by atoms with Gasteiger partial charge in [-0.1, -0.05) is 5.92 Å². The average molecular weight is 614 g/mol. The molecule has 1 amide bonds. The SMILES string of the molecule is COc1ccc(-c2ccc(C#CC(C)(C)O)nc2C(Cc2cc(F)cc(F)c2)NC(=O)O)c2c1c(NS(C)(=O)=O)nn2C. The number of sulfonamides is 1. The van der Waals surface area contributed by atoms with E-state index >= 15 is 0 Å². The van der Waals surface area contributed by atoms with E-state index in [0.29, 0.717) is 33.8 Å². The molecule has 4 aromatic rings. The summed E-state index contributed by atoms with van der Waals surface area (Å²) in [4.78, 5) is 16.6. The number of aromatic nitrogens is 3. The molecule has 0 aliphatic heterocycles. The number of nitrogens with one attached hydrogen (secondary N) is 2. The molecular weight excluding hydrogens is 584 g/mol. The first kappa shape index (κ1) is 31.2. The number of carbonyl (C=O) groups is 1. The Morgan fingerprint density at radius 3 is 2.37 bits per heavy atom. The zero-order valence-electron chi connectivity index (χ0n) is 23.9. The molecule has 0 aliphatic carbocycles. The van der Waals surface area contributed by atoms with E-state index in [0.717, 1.165) is 18.4 Å². The van der Waals surface area contributed by atoms with Gasteiger partial charge in [0, 0.05) is 24.2 Å². The van der Waals surface area contributed by atoms with Crippen molar-refractivity contribution in [3.05, 3.63) is 71.1 Å². The fraction of sp³-hybridized carbons (Fsp3) is 0.276. The first-order valence-corrected chi connectivity index (χ1v) is 14.7. The van der Waals surface area contributed by atoms with Crippen molar-refractivity contribution in [3.63, 3.8) is 0 Å². The molecule has 0 aliphatic rings. The van der Waals surface area contributed by atoms with Crippen molar-refractivity contribution in [2.24, 2.45) is 7.05 Å². The van der Waals surface area contributed by atoms with Crippen LogP contribution in [0.3, 0.4) is 0 Å². The Morgan fingerprint density at radius 1 is 1.14 bits per heavy atom. The maximum absolute atomic E-state index is 14.1. The van der Waals surface area contributed by atoms with Gasteiger partial charge in [-0.2, -0.15) is 5.10 Å². The van der Waals surface area contributed by atoms with Crippen molar-refractivity contribution in [3.8, 4) is 28.7 Å². The molecule has 0 radical (unpaired) electrons. The number of methoxy groups -OCH3 is 1. The molecule has 226 valence electrons. The van der Waals surface area contributed by atoms with Gasteiger partial charge in [0.25, 0.3) is 0 Å². The van der Waals surface area contributed by atoms with Gasteiger partial charge in [-0.15, -0.1) is 0 Å². The first-order valence-electron chi connectivity index (χ1n) is 12.8. The average Bonchev–Trinajstić information content (AvgIpc) is 3.19. The first-order chi connectivity index (χ1) is 20.0. The highest BCUT2D eigenvalue weighted by molar-refractivity contribution is 7.92. The summed E-state index contributed by atoms with van der Waals surface area (Å²) in [5.74, 6) is 4.09. The van der Waals surface area contributed by atoms with Gasteiger partial charge in [0.1, 0.15) is 28.7 Å². The Kier molecular flexibility index (Phi) is 8.61. The number of nitrogens with zero attached hydrogens (tertiary/aromatic N) is 3. The maximum atomic E-state index is 14.1. The maximum Gasteiger partial charge on any atom is 0.405 e. The van der Waals surface area contributed by atoms with Crippen molar-refractivity contribution in [2.75, 3.05) is 18.1 Å². The van der Waals surface area contributed by atoms with Crippen LogP contribution in [0.1, 0.15) is 36.8 Å². The summed E-state index contributed by atoms with van der Waals surface area (Å²) >= 11 is 0. The number of amides is 1. The molecule has 1 unspecified atom stereocenters.